The molecule has 1 N–H and O–H groups in total. The number of anilines is 2. The molecule has 0 aliphatic rings. The van der Waals surface area contributed by atoms with E-state index in [4.69, 9.17) is 4.74 Å². The van der Waals surface area contributed by atoms with Crippen LogP contribution in [0.4, 0.5) is 11.4 Å². The van der Waals surface area contributed by atoms with Gasteiger partial charge < -0.3 is 15.0 Å². The number of methoxy groups -OCH3 is 1. The van der Waals surface area contributed by atoms with Crippen LogP contribution in [0.3, 0.4) is 0 Å². The molecule has 2 aromatic rings. The molecule has 0 bridgehead atoms. The number of nitrogens with zero attached hydrogens (tertiary/aromatic N) is 1. The topological polar surface area (TPSA) is 58.6 Å². The molecule has 0 heterocycles. The van der Waals surface area contributed by atoms with Crippen molar-refractivity contribution in [2.24, 2.45) is 0 Å². The van der Waals surface area contributed by atoms with Crippen molar-refractivity contribution in [2.75, 3.05) is 23.9 Å². The van der Waals surface area contributed by atoms with E-state index >= 15 is 0 Å². The van der Waals surface area contributed by atoms with Crippen LogP contribution in [0.15, 0.2) is 48.5 Å². The number of rotatable bonds is 5. The Morgan fingerprint density at radius 3 is 2.52 bits per heavy atom. The Kier molecular flexibility index (Phi) is 5.36. The van der Waals surface area contributed by atoms with E-state index in [0.717, 1.165) is 5.56 Å². The Labute approximate surface area is 135 Å². The average Bonchev–Trinajstić information content (AvgIpc) is 2.52. The van der Waals surface area contributed by atoms with Gasteiger partial charge >= 0.3 is 0 Å². The van der Waals surface area contributed by atoms with E-state index in [9.17, 15) is 9.59 Å². The van der Waals surface area contributed by atoms with Gasteiger partial charge in [0, 0.05) is 24.4 Å². The maximum atomic E-state index is 12.2. The van der Waals surface area contributed by atoms with Gasteiger partial charge in [0.05, 0.1) is 7.11 Å². The summed E-state index contributed by atoms with van der Waals surface area (Å²) in [7, 11) is 1.57. The quantitative estimate of drug-likeness (QED) is 0.923. The van der Waals surface area contributed by atoms with Crippen LogP contribution in [0.5, 0.6) is 5.75 Å². The molecule has 23 heavy (non-hydrogen) atoms. The van der Waals surface area contributed by atoms with E-state index in [-0.39, 0.29) is 18.4 Å². The molecule has 0 aromatic heterocycles. The van der Waals surface area contributed by atoms with Crippen molar-refractivity contribution >= 4 is 23.2 Å². The number of amides is 2. The first-order valence-corrected chi connectivity index (χ1v) is 7.28. The summed E-state index contributed by atoms with van der Waals surface area (Å²) >= 11 is 0. The summed E-state index contributed by atoms with van der Waals surface area (Å²) in [5, 5.41) is 2.77. The van der Waals surface area contributed by atoms with Crippen molar-refractivity contribution in [1.29, 1.82) is 0 Å². The Hall–Kier alpha value is -2.82. The lowest BCUT2D eigenvalue weighted by Crippen LogP contribution is -2.36. The summed E-state index contributed by atoms with van der Waals surface area (Å²) in [5.41, 5.74) is 2.36. The van der Waals surface area contributed by atoms with Gasteiger partial charge in [0.25, 0.3) is 0 Å². The van der Waals surface area contributed by atoms with Gasteiger partial charge in [-0.2, -0.15) is 0 Å². The number of aryl methyl sites for hydroxylation is 1. The molecule has 5 heteroatoms. The summed E-state index contributed by atoms with van der Waals surface area (Å²) in [6.45, 7) is 3.34. The third-order valence-corrected chi connectivity index (χ3v) is 3.35. The third kappa shape index (κ3) is 4.57. The standard InChI is InChI=1S/C18H20N2O3/c1-13-6-4-8-16(10-13)20(14(2)21)12-18(22)19-15-7-5-9-17(11-15)23-3/h4-11H,12H2,1-3H3,(H,19,22). The molecule has 120 valence electrons. The van der Waals surface area contributed by atoms with Crippen molar-refractivity contribution in [3.8, 4) is 5.75 Å². The van der Waals surface area contributed by atoms with Gasteiger partial charge in [-0.05, 0) is 36.8 Å². The Bertz CT molecular complexity index is 713. The van der Waals surface area contributed by atoms with E-state index in [0.29, 0.717) is 17.1 Å². The maximum absolute atomic E-state index is 12.2. The fourth-order valence-electron chi connectivity index (χ4n) is 2.23. The summed E-state index contributed by atoms with van der Waals surface area (Å²) in [5.74, 6) is 0.205. The summed E-state index contributed by atoms with van der Waals surface area (Å²) in [4.78, 5) is 25.6. The van der Waals surface area contributed by atoms with Crippen molar-refractivity contribution in [3.63, 3.8) is 0 Å². The van der Waals surface area contributed by atoms with Crippen LogP contribution < -0.4 is 15.0 Å². The number of carbonyl (C=O) groups is 2. The van der Waals surface area contributed by atoms with Gasteiger partial charge in [0.2, 0.25) is 11.8 Å². The molecule has 0 saturated carbocycles. The molecule has 2 rings (SSSR count). The number of carbonyl (C=O) groups excluding carboxylic acids is 2. The number of nitrogens with one attached hydrogen (secondary N) is 1. The highest BCUT2D eigenvalue weighted by molar-refractivity contribution is 6.01. The van der Waals surface area contributed by atoms with Crippen LogP contribution in [0.25, 0.3) is 0 Å². The maximum Gasteiger partial charge on any atom is 0.244 e. The first-order valence-electron chi connectivity index (χ1n) is 7.28. The SMILES string of the molecule is COc1cccc(NC(=O)CN(C(C)=O)c2cccc(C)c2)c1. The lowest BCUT2D eigenvalue weighted by Gasteiger charge is -2.21. The molecule has 0 radical (unpaired) electrons. The zero-order chi connectivity index (χ0) is 16.8. The second-order valence-corrected chi connectivity index (χ2v) is 5.22. The zero-order valence-electron chi connectivity index (χ0n) is 13.5. The van der Waals surface area contributed by atoms with Crippen LogP contribution in [0.2, 0.25) is 0 Å². The lowest BCUT2D eigenvalue weighted by molar-refractivity contribution is -0.120. The summed E-state index contributed by atoms with van der Waals surface area (Å²) in [6.07, 6.45) is 0. The van der Waals surface area contributed by atoms with E-state index < -0.39 is 0 Å². The molecule has 0 unspecified atom stereocenters. The third-order valence-electron chi connectivity index (χ3n) is 3.35. The molecule has 2 aromatic carbocycles. The predicted molar refractivity (Wildman–Crippen MR) is 90.8 cm³/mol. The van der Waals surface area contributed by atoms with E-state index in [1.165, 1.54) is 11.8 Å². The highest BCUT2D eigenvalue weighted by Crippen LogP contribution is 2.18. The van der Waals surface area contributed by atoms with Crippen molar-refractivity contribution in [2.45, 2.75) is 13.8 Å². The largest absolute Gasteiger partial charge is 0.497 e. The smallest absolute Gasteiger partial charge is 0.244 e. The van der Waals surface area contributed by atoms with E-state index in [1.807, 2.05) is 31.2 Å². The minimum atomic E-state index is -0.269. The van der Waals surface area contributed by atoms with Crippen LogP contribution in [-0.4, -0.2) is 25.5 Å². The predicted octanol–water partition coefficient (Wildman–Crippen LogP) is 3.00. The Morgan fingerprint density at radius 1 is 1.13 bits per heavy atom. The van der Waals surface area contributed by atoms with Gasteiger partial charge in [-0.15, -0.1) is 0 Å². The van der Waals surface area contributed by atoms with Gasteiger partial charge in [-0.25, -0.2) is 0 Å². The van der Waals surface area contributed by atoms with Gasteiger partial charge in [0.1, 0.15) is 12.3 Å². The lowest BCUT2D eigenvalue weighted by atomic mass is 10.2. The van der Waals surface area contributed by atoms with Crippen molar-refractivity contribution in [1.82, 2.24) is 0 Å². The number of benzene rings is 2. The minimum Gasteiger partial charge on any atom is -0.497 e. The van der Waals surface area contributed by atoms with Crippen LogP contribution in [0.1, 0.15) is 12.5 Å². The number of ether oxygens (including phenoxy) is 1. The normalized spacial score (nSPS) is 10.0. The summed E-state index contributed by atoms with van der Waals surface area (Å²) < 4.78 is 5.12. The minimum absolute atomic E-state index is 0.0456. The second-order valence-electron chi connectivity index (χ2n) is 5.22. The molecule has 0 aliphatic heterocycles. The van der Waals surface area contributed by atoms with Crippen molar-refractivity contribution in [3.05, 3.63) is 54.1 Å². The highest BCUT2D eigenvalue weighted by atomic mass is 16.5. The monoisotopic (exact) mass is 312 g/mol. The highest BCUT2D eigenvalue weighted by Gasteiger charge is 2.16. The zero-order valence-corrected chi connectivity index (χ0v) is 13.5. The molecule has 2 amide bonds. The Morgan fingerprint density at radius 2 is 1.87 bits per heavy atom. The van der Waals surface area contributed by atoms with E-state index in [2.05, 4.69) is 5.32 Å². The van der Waals surface area contributed by atoms with E-state index in [1.54, 1.807) is 31.4 Å². The Balaban J connectivity index is 2.10. The van der Waals surface area contributed by atoms with Gasteiger partial charge in [-0.3, -0.25) is 9.59 Å². The number of hydrogen-bond donors (Lipinski definition) is 1. The fourth-order valence-corrected chi connectivity index (χ4v) is 2.23. The van der Waals surface area contributed by atoms with Crippen LogP contribution >= 0.6 is 0 Å². The first kappa shape index (κ1) is 16.5. The van der Waals surface area contributed by atoms with Gasteiger partial charge in [-0.1, -0.05) is 18.2 Å². The molecule has 0 fully saturated rings. The molecule has 0 atom stereocenters. The van der Waals surface area contributed by atoms with Crippen LogP contribution in [0, 0.1) is 6.92 Å². The molecule has 0 saturated heterocycles. The number of hydrogen-bond acceptors (Lipinski definition) is 3. The molecule has 0 aliphatic carbocycles. The van der Waals surface area contributed by atoms with Crippen LogP contribution in [-0.2, 0) is 9.59 Å². The molecular formula is C18H20N2O3. The molecular weight excluding hydrogens is 292 g/mol. The second kappa shape index (κ2) is 7.45. The molecule has 0 spiro atoms. The average molecular weight is 312 g/mol. The van der Waals surface area contributed by atoms with Crippen molar-refractivity contribution < 1.29 is 14.3 Å². The van der Waals surface area contributed by atoms with Gasteiger partial charge in [0.15, 0.2) is 0 Å². The fraction of sp³-hybridized carbons (Fsp3) is 0.222. The molecule has 5 nitrogen and oxygen atoms in total. The first-order chi connectivity index (χ1) is 11.0. The summed E-state index contributed by atoms with van der Waals surface area (Å²) in [6, 6.07) is 14.6.